The third-order valence-electron chi connectivity index (χ3n) is 6.62. The Labute approximate surface area is 191 Å². The monoisotopic (exact) mass is 437 g/mol. The maximum atomic E-state index is 13.3. The topological polar surface area (TPSA) is 77.8 Å². The minimum atomic E-state index is -0.974. The van der Waals surface area contributed by atoms with Gasteiger partial charge in [-0.3, -0.25) is 9.59 Å². The molecule has 1 aliphatic heterocycles. The third-order valence-corrected chi connectivity index (χ3v) is 6.62. The first-order valence-corrected chi connectivity index (χ1v) is 10.7. The highest BCUT2D eigenvalue weighted by molar-refractivity contribution is 6.09. The molecule has 5 heteroatoms. The number of carbonyl (C=O) groups excluding carboxylic acids is 1. The molecule has 33 heavy (non-hydrogen) atoms. The average molecular weight is 437 g/mol. The number of ketones is 1. The van der Waals surface area contributed by atoms with Gasteiger partial charge in [0, 0.05) is 35.5 Å². The standard InChI is InChI=1S/C28H23NO4/c1-28(16-27(32)33)23-14-22(30)9-10-24(23)29(2)26(28)15-25(31)20-8-7-19-11-17-5-3-4-6-18(17)12-21(19)13-20/h3-15,30H,16H2,1-2H3,(H,32,33)/b26-15-. The number of carboxylic acids is 1. The number of nitrogens with zero attached hydrogens (tertiary/aromatic N) is 1. The molecule has 5 rings (SSSR count). The van der Waals surface area contributed by atoms with Crippen LogP contribution in [0.2, 0.25) is 0 Å². The Bertz CT molecular complexity index is 1490. The number of rotatable bonds is 4. The maximum absolute atomic E-state index is 13.3. The number of aliphatic carboxylic acids is 1. The van der Waals surface area contributed by atoms with Gasteiger partial charge in [-0.15, -0.1) is 0 Å². The van der Waals surface area contributed by atoms with Crippen molar-refractivity contribution in [3.8, 4) is 5.75 Å². The molecule has 0 radical (unpaired) electrons. The highest BCUT2D eigenvalue weighted by atomic mass is 16.4. The number of carbonyl (C=O) groups is 2. The molecule has 0 fully saturated rings. The van der Waals surface area contributed by atoms with Gasteiger partial charge in [0.25, 0.3) is 0 Å². The molecule has 0 aromatic heterocycles. The van der Waals surface area contributed by atoms with E-state index in [1.165, 1.54) is 6.08 Å². The first-order chi connectivity index (χ1) is 15.8. The molecule has 4 aromatic rings. The van der Waals surface area contributed by atoms with Gasteiger partial charge in [-0.2, -0.15) is 0 Å². The van der Waals surface area contributed by atoms with Crippen molar-refractivity contribution in [2.24, 2.45) is 0 Å². The van der Waals surface area contributed by atoms with Gasteiger partial charge in [-0.1, -0.05) is 36.4 Å². The average Bonchev–Trinajstić information content (AvgIpc) is 2.97. The number of hydrogen-bond acceptors (Lipinski definition) is 4. The van der Waals surface area contributed by atoms with Crippen LogP contribution in [0, 0.1) is 0 Å². The molecule has 2 N–H and O–H groups in total. The molecule has 0 saturated heterocycles. The number of likely N-dealkylation sites (N-methyl/N-ethyl adjacent to an activating group) is 1. The van der Waals surface area contributed by atoms with Crippen molar-refractivity contribution >= 4 is 39.0 Å². The predicted octanol–water partition coefficient (Wildman–Crippen LogP) is 5.65. The summed E-state index contributed by atoms with van der Waals surface area (Å²) in [4.78, 5) is 26.9. The number of allylic oxidation sites excluding steroid dienone is 2. The number of phenols is 1. The van der Waals surface area contributed by atoms with E-state index in [0.717, 1.165) is 27.2 Å². The maximum Gasteiger partial charge on any atom is 0.304 e. The van der Waals surface area contributed by atoms with Crippen LogP contribution in [0.4, 0.5) is 5.69 Å². The van der Waals surface area contributed by atoms with Crippen LogP contribution >= 0.6 is 0 Å². The van der Waals surface area contributed by atoms with Gasteiger partial charge in [0.1, 0.15) is 5.75 Å². The highest BCUT2D eigenvalue weighted by Crippen LogP contribution is 2.50. The molecule has 0 saturated carbocycles. The van der Waals surface area contributed by atoms with Crippen molar-refractivity contribution in [3.63, 3.8) is 0 Å². The number of benzene rings is 4. The zero-order valence-corrected chi connectivity index (χ0v) is 18.4. The fraction of sp³-hybridized carbons (Fsp3) is 0.143. The minimum Gasteiger partial charge on any atom is -0.508 e. The van der Waals surface area contributed by atoms with Crippen molar-refractivity contribution in [1.82, 2.24) is 0 Å². The van der Waals surface area contributed by atoms with E-state index in [9.17, 15) is 19.8 Å². The van der Waals surface area contributed by atoms with Crippen LogP contribution in [0.1, 0.15) is 29.3 Å². The Kier molecular flexibility index (Phi) is 4.71. The second-order valence-corrected chi connectivity index (χ2v) is 8.82. The molecule has 4 aromatic carbocycles. The van der Waals surface area contributed by atoms with Crippen LogP contribution in [-0.4, -0.2) is 29.0 Å². The van der Waals surface area contributed by atoms with Crippen LogP contribution in [0.3, 0.4) is 0 Å². The van der Waals surface area contributed by atoms with Gasteiger partial charge < -0.3 is 15.1 Å². The molecule has 0 spiro atoms. The number of fused-ring (bicyclic) bond motifs is 3. The normalized spacial score (nSPS) is 18.7. The smallest absolute Gasteiger partial charge is 0.304 e. The lowest BCUT2D eigenvalue weighted by atomic mass is 9.78. The first-order valence-electron chi connectivity index (χ1n) is 10.7. The van der Waals surface area contributed by atoms with E-state index < -0.39 is 11.4 Å². The molecule has 5 nitrogen and oxygen atoms in total. The summed E-state index contributed by atoms with van der Waals surface area (Å²) in [6.45, 7) is 1.80. The number of anilines is 1. The van der Waals surface area contributed by atoms with Crippen LogP contribution < -0.4 is 4.90 Å². The first kappa shape index (κ1) is 20.8. The van der Waals surface area contributed by atoms with Gasteiger partial charge in [0.05, 0.1) is 6.42 Å². The highest BCUT2D eigenvalue weighted by Gasteiger charge is 2.44. The minimum absolute atomic E-state index is 0.0631. The number of hydrogen-bond donors (Lipinski definition) is 2. The molecule has 0 bridgehead atoms. The summed E-state index contributed by atoms with van der Waals surface area (Å²) in [5.74, 6) is -1.10. The number of aromatic hydroxyl groups is 1. The molecule has 164 valence electrons. The summed E-state index contributed by atoms with van der Waals surface area (Å²) in [7, 11) is 1.81. The van der Waals surface area contributed by atoms with Crippen molar-refractivity contribution in [3.05, 3.63) is 95.7 Å². The Morgan fingerprint density at radius 3 is 2.27 bits per heavy atom. The van der Waals surface area contributed by atoms with Crippen LogP contribution in [0.15, 0.2) is 84.6 Å². The number of carboxylic acid groups (broad SMARTS) is 1. The SMILES string of the molecule is CN1/C(=C\C(=O)c2ccc3cc4ccccc4cc3c2)C(C)(CC(=O)O)c2cc(O)ccc21. The number of phenolic OH excluding ortho intramolecular Hbond substituents is 1. The molecule has 1 unspecified atom stereocenters. The second-order valence-electron chi connectivity index (χ2n) is 8.82. The van der Waals surface area contributed by atoms with Gasteiger partial charge in [0.2, 0.25) is 0 Å². The van der Waals surface area contributed by atoms with E-state index in [2.05, 4.69) is 18.2 Å². The van der Waals surface area contributed by atoms with E-state index in [1.807, 2.05) is 42.3 Å². The summed E-state index contributed by atoms with van der Waals surface area (Å²) < 4.78 is 0. The van der Waals surface area contributed by atoms with Crippen molar-refractivity contribution < 1.29 is 19.8 Å². The van der Waals surface area contributed by atoms with E-state index in [4.69, 9.17) is 0 Å². The fourth-order valence-electron chi connectivity index (χ4n) is 4.94. The van der Waals surface area contributed by atoms with Gasteiger partial charge in [0.15, 0.2) is 5.78 Å². The zero-order valence-electron chi connectivity index (χ0n) is 18.4. The molecule has 1 atom stereocenters. The second kappa shape index (κ2) is 7.48. The van der Waals surface area contributed by atoms with Crippen LogP contribution in [0.5, 0.6) is 5.75 Å². The van der Waals surface area contributed by atoms with Gasteiger partial charge in [-0.05, 0) is 70.4 Å². The summed E-state index contributed by atoms with van der Waals surface area (Å²) in [6.07, 6.45) is 1.33. The Morgan fingerprint density at radius 2 is 1.58 bits per heavy atom. The predicted molar refractivity (Wildman–Crippen MR) is 130 cm³/mol. The van der Waals surface area contributed by atoms with Crippen molar-refractivity contribution in [2.75, 3.05) is 11.9 Å². The Hall–Kier alpha value is -4.12. The van der Waals surface area contributed by atoms with E-state index in [0.29, 0.717) is 16.8 Å². The third kappa shape index (κ3) is 3.42. The zero-order chi connectivity index (χ0) is 23.3. The molecule has 0 aliphatic carbocycles. The van der Waals surface area contributed by atoms with Gasteiger partial charge >= 0.3 is 5.97 Å². The summed E-state index contributed by atoms with van der Waals surface area (Å²) in [6, 6.07) is 22.8. The van der Waals surface area contributed by atoms with E-state index in [1.54, 1.807) is 31.2 Å². The van der Waals surface area contributed by atoms with Crippen molar-refractivity contribution in [2.45, 2.75) is 18.8 Å². The van der Waals surface area contributed by atoms with E-state index in [-0.39, 0.29) is 18.0 Å². The fourth-order valence-corrected chi connectivity index (χ4v) is 4.94. The Morgan fingerprint density at radius 1 is 0.909 bits per heavy atom. The van der Waals surface area contributed by atoms with E-state index >= 15 is 0 Å². The molecule has 1 aliphatic rings. The molecule has 1 heterocycles. The lowest BCUT2D eigenvalue weighted by molar-refractivity contribution is -0.138. The summed E-state index contributed by atoms with van der Waals surface area (Å²) >= 11 is 0. The quantitative estimate of drug-likeness (QED) is 0.245. The summed E-state index contributed by atoms with van der Waals surface area (Å²) in [5, 5.41) is 23.9. The Balaban J connectivity index is 1.59. The van der Waals surface area contributed by atoms with Crippen LogP contribution in [0.25, 0.3) is 21.5 Å². The lowest BCUT2D eigenvalue weighted by Crippen LogP contribution is -2.30. The van der Waals surface area contributed by atoms with Crippen LogP contribution in [-0.2, 0) is 10.2 Å². The molecular weight excluding hydrogens is 414 g/mol. The largest absolute Gasteiger partial charge is 0.508 e. The van der Waals surface area contributed by atoms with Crippen molar-refractivity contribution in [1.29, 1.82) is 0 Å². The lowest BCUT2D eigenvalue weighted by Gasteiger charge is -2.27. The molecular formula is C28H23NO4. The molecule has 0 amide bonds. The van der Waals surface area contributed by atoms with Gasteiger partial charge in [-0.25, -0.2) is 0 Å². The summed E-state index contributed by atoms with van der Waals surface area (Å²) in [5.41, 5.74) is 1.65.